The van der Waals surface area contributed by atoms with Crippen LogP contribution in [0, 0.1) is 18.3 Å². The number of halogens is 2. The molecule has 0 unspecified atom stereocenters. The number of amidine groups is 1. The summed E-state index contributed by atoms with van der Waals surface area (Å²) in [4.78, 5) is 5.12. The van der Waals surface area contributed by atoms with Gasteiger partial charge in [0.25, 0.3) is 0 Å². The average molecular weight is 542 g/mol. The van der Waals surface area contributed by atoms with E-state index >= 15 is 0 Å². The fraction of sp³-hybridized carbons (Fsp3) is 0.320. The number of ether oxygens (including phenoxy) is 1. The van der Waals surface area contributed by atoms with Gasteiger partial charge in [-0.25, -0.2) is 19.1 Å². The number of nitriles is 1. The van der Waals surface area contributed by atoms with Crippen LogP contribution in [-0.4, -0.2) is 58.3 Å². The Labute approximate surface area is 220 Å². The van der Waals surface area contributed by atoms with Crippen molar-refractivity contribution in [2.75, 3.05) is 33.4 Å². The molecule has 1 fully saturated rings. The molecule has 11 heteroatoms. The maximum absolute atomic E-state index is 9.27. The van der Waals surface area contributed by atoms with Crippen molar-refractivity contribution in [2.45, 2.75) is 19.9 Å². The van der Waals surface area contributed by atoms with Gasteiger partial charge in [-0.2, -0.15) is 10.4 Å². The number of rotatable bonds is 5. The van der Waals surface area contributed by atoms with Crippen molar-refractivity contribution in [1.82, 2.24) is 19.1 Å². The third-order valence-corrected chi connectivity index (χ3v) is 10.8. The monoisotopic (exact) mass is 541 g/mol. The van der Waals surface area contributed by atoms with E-state index in [1.807, 2.05) is 67.2 Å². The number of fused-ring (bicyclic) bond motifs is 1. The number of hydrogen-bond acceptors (Lipinski definition) is 5. The summed E-state index contributed by atoms with van der Waals surface area (Å²) in [5.41, 5.74) is 2.35. The van der Waals surface area contributed by atoms with Crippen molar-refractivity contribution in [3.05, 3.63) is 69.8 Å². The minimum Gasteiger partial charge on any atom is -0.379 e. The van der Waals surface area contributed by atoms with Gasteiger partial charge in [0, 0.05) is 25.7 Å². The zero-order valence-corrected chi connectivity index (χ0v) is 22.5. The first-order chi connectivity index (χ1) is 17.5. The Kier molecular flexibility index (Phi) is 7.21. The van der Waals surface area contributed by atoms with E-state index in [-0.39, 0.29) is 0 Å². The molecule has 0 amide bonds. The van der Waals surface area contributed by atoms with Gasteiger partial charge >= 0.3 is 0 Å². The Bertz CT molecular complexity index is 1390. The summed E-state index contributed by atoms with van der Waals surface area (Å²) in [6.45, 7) is 4.99. The number of benzene rings is 2. The molecule has 0 radical (unpaired) electrons. The minimum atomic E-state index is -2.75. The van der Waals surface area contributed by atoms with E-state index in [1.165, 1.54) is 0 Å². The number of nitrogens with zero attached hydrogens (tertiary/aromatic N) is 7. The molecule has 3 heterocycles. The van der Waals surface area contributed by atoms with Crippen molar-refractivity contribution in [3.63, 3.8) is 0 Å². The fourth-order valence-corrected chi connectivity index (χ4v) is 9.17. The Morgan fingerprint density at radius 1 is 1.08 bits per heavy atom. The Balaban J connectivity index is 1.88. The molecule has 0 aliphatic carbocycles. The van der Waals surface area contributed by atoms with Crippen LogP contribution in [0.2, 0.25) is 10.0 Å². The maximum atomic E-state index is 9.27. The SMILES string of the molecule is Cc1nn(CCC#N)c2c1[P@](=Nc1c(Cl)cccc1Cl)(N1CCOCC1)N(C)C(c1ccccc1)=N2. The standard InChI is InChI=1S/C25H26Cl2N7OP/c1-18-23-25(34(30-18)13-7-12-28)29-24(19-8-4-3-5-9-19)32(2)36(23,33-14-16-35-17-15-33)31-22-20(26)10-6-11-21(22)27/h3-6,8-11H,7,13-17H2,1-2H3/t36-/m1/s1. The van der Waals surface area contributed by atoms with Gasteiger partial charge in [0.2, 0.25) is 0 Å². The van der Waals surface area contributed by atoms with Crippen LogP contribution < -0.4 is 5.30 Å². The highest BCUT2D eigenvalue weighted by Crippen LogP contribution is 2.62. The van der Waals surface area contributed by atoms with Crippen molar-refractivity contribution in [2.24, 2.45) is 9.74 Å². The Morgan fingerprint density at radius 2 is 1.78 bits per heavy atom. The lowest BCUT2D eigenvalue weighted by molar-refractivity contribution is 0.0732. The molecule has 2 aliphatic rings. The van der Waals surface area contributed by atoms with E-state index in [0.717, 1.165) is 28.2 Å². The zero-order chi connectivity index (χ0) is 25.3. The van der Waals surface area contributed by atoms with Gasteiger partial charge < -0.3 is 9.41 Å². The minimum absolute atomic E-state index is 0.329. The van der Waals surface area contributed by atoms with Crippen LogP contribution >= 0.6 is 30.6 Å². The van der Waals surface area contributed by atoms with E-state index in [4.69, 9.17) is 42.8 Å². The highest BCUT2D eigenvalue weighted by Gasteiger charge is 2.45. The number of aliphatic imine (C=N–C) groups is 1. The van der Waals surface area contributed by atoms with E-state index in [0.29, 0.717) is 55.0 Å². The summed E-state index contributed by atoms with van der Waals surface area (Å²) in [6.07, 6.45) is 0.329. The van der Waals surface area contributed by atoms with Crippen LogP contribution in [0.1, 0.15) is 17.7 Å². The molecule has 2 aliphatic heterocycles. The van der Waals surface area contributed by atoms with Gasteiger partial charge in [-0.15, -0.1) is 0 Å². The van der Waals surface area contributed by atoms with Gasteiger partial charge in [-0.3, -0.25) is 0 Å². The molecule has 5 rings (SSSR count). The summed E-state index contributed by atoms with van der Waals surface area (Å²) in [5, 5.41) is 16.1. The predicted octanol–water partition coefficient (Wildman–Crippen LogP) is 5.76. The van der Waals surface area contributed by atoms with Crippen molar-refractivity contribution in [1.29, 1.82) is 5.26 Å². The number of morpholine rings is 1. The highest BCUT2D eigenvalue weighted by atomic mass is 35.5. The second kappa shape index (κ2) is 10.4. The van der Waals surface area contributed by atoms with E-state index < -0.39 is 7.36 Å². The molecule has 1 atom stereocenters. The average Bonchev–Trinajstić information content (AvgIpc) is 3.22. The molecule has 186 valence electrons. The number of aromatic nitrogens is 2. The third kappa shape index (κ3) is 4.26. The van der Waals surface area contributed by atoms with Crippen LogP contribution in [0.25, 0.3) is 0 Å². The number of aryl methyl sites for hydroxylation is 2. The second-order valence-electron chi connectivity index (χ2n) is 8.52. The van der Waals surface area contributed by atoms with Crippen LogP contribution in [0.4, 0.5) is 11.5 Å². The lowest BCUT2D eigenvalue weighted by Crippen LogP contribution is -2.45. The third-order valence-electron chi connectivity index (χ3n) is 6.33. The summed E-state index contributed by atoms with van der Waals surface area (Å²) < 4.78 is 17.6. The Morgan fingerprint density at radius 3 is 2.44 bits per heavy atom. The molecule has 2 aromatic carbocycles. The predicted molar refractivity (Wildman–Crippen MR) is 145 cm³/mol. The molecule has 8 nitrogen and oxygen atoms in total. The first-order valence-corrected chi connectivity index (χ1v) is 14.1. The van der Waals surface area contributed by atoms with Crippen LogP contribution in [-0.2, 0) is 11.3 Å². The van der Waals surface area contributed by atoms with Gasteiger partial charge in [0.15, 0.2) is 13.2 Å². The molecule has 0 spiro atoms. The lowest BCUT2D eigenvalue weighted by Gasteiger charge is -2.46. The van der Waals surface area contributed by atoms with Crippen LogP contribution in [0.3, 0.4) is 0 Å². The molecule has 1 aromatic heterocycles. The van der Waals surface area contributed by atoms with Gasteiger partial charge in [-0.05, 0) is 19.1 Å². The maximum Gasteiger partial charge on any atom is 0.165 e. The quantitative estimate of drug-likeness (QED) is 0.383. The fourth-order valence-electron chi connectivity index (χ4n) is 4.69. The van der Waals surface area contributed by atoms with Crippen molar-refractivity contribution >= 4 is 53.2 Å². The highest BCUT2D eigenvalue weighted by molar-refractivity contribution is 7.70. The van der Waals surface area contributed by atoms with Crippen molar-refractivity contribution in [3.8, 4) is 6.07 Å². The molecular formula is C25H26Cl2N7OP. The summed E-state index contributed by atoms with van der Waals surface area (Å²) in [5.74, 6) is 1.51. The molecule has 0 N–H and O–H groups in total. The molecule has 0 bridgehead atoms. The lowest BCUT2D eigenvalue weighted by atomic mass is 10.2. The van der Waals surface area contributed by atoms with Gasteiger partial charge in [0.1, 0.15) is 11.5 Å². The molecule has 36 heavy (non-hydrogen) atoms. The molecular weight excluding hydrogens is 516 g/mol. The second-order valence-corrected chi connectivity index (χ2v) is 12.3. The van der Waals surface area contributed by atoms with E-state index in [1.54, 1.807) is 0 Å². The van der Waals surface area contributed by atoms with Gasteiger partial charge in [0.05, 0.1) is 53.3 Å². The largest absolute Gasteiger partial charge is 0.379 e. The van der Waals surface area contributed by atoms with Gasteiger partial charge in [-0.1, -0.05) is 59.6 Å². The normalized spacial score (nSPS) is 20.0. The summed E-state index contributed by atoms with van der Waals surface area (Å²) >= 11 is 13.4. The topological polar surface area (TPSA) is 82.0 Å². The molecule has 0 saturated carbocycles. The Hall–Kier alpha value is -2.66. The van der Waals surface area contributed by atoms with Crippen LogP contribution in [0.5, 0.6) is 0 Å². The first-order valence-electron chi connectivity index (χ1n) is 11.7. The zero-order valence-electron chi connectivity index (χ0n) is 20.1. The summed E-state index contributed by atoms with van der Waals surface area (Å²) in [7, 11) is -0.707. The van der Waals surface area contributed by atoms with E-state index in [2.05, 4.69) is 15.4 Å². The molecule has 3 aromatic rings. The summed E-state index contributed by atoms with van der Waals surface area (Å²) in [6, 6.07) is 17.7. The van der Waals surface area contributed by atoms with Crippen molar-refractivity contribution < 1.29 is 4.74 Å². The van der Waals surface area contributed by atoms with Crippen LogP contribution in [0.15, 0.2) is 58.3 Å². The number of hydrogen-bond donors (Lipinski definition) is 0. The first kappa shape index (κ1) is 25.0. The smallest absolute Gasteiger partial charge is 0.165 e. The van der Waals surface area contributed by atoms with E-state index in [9.17, 15) is 5.26 Å². The molecule has 1 saturated heterocycles.